The maximum Gasteiger partial charge on any atom is 0.238 e. The summed E-state index contributed by atoms with van der Waals surface area (Å²) in [6.07, 6.45) is 3.73. The first-order valence-electron chi connectivity index (χ1n) is 9.00. The Hall–Kier alpha value is -2.60. The number of aryl methyl sites for hydroxylation is 1. The van der Waals surface area contributed by atoms with Gasteiger partial charge in [-0.2, -0.15) is 4.98 Å². The minimum Gasteiger partial charge on any atom is -0.461 e. The third-order valence-corrected chi connectivity index (χ3v) is 5.01. The van der Waals surface area contributed by atoms with Gasteiger partial charge in [-0.3, -0.25) is 4.79 Å². The quantitative estimate of drug-likeness (QED) is 0.603. The van der Waals surface area contributed by atoms with E-state index in [1.54, 1.807) is 18.4 Å². The highest BCUT2D eigenvalue weighted by molar-refractivity contribution is 6.30. The highest BCUT2D eigenvalue weighted by atomic mass is 35.5. The van der Waals surface area contributed by atoms with Crippen LogP contribution in [0.5, 0.6) is 0 Å². The summed E-state index contributed by atoms with van der Waals surface area (Å²) >= 11 is 5.99. The molecule has 0 unspecified atom stereocenters. The molecular weight excluding hydrogens is 366 g/mol. The van der Waals surface area contributed by atoms with Gasteiger partial charge in [0.1, 0.15) is 0 Å². The number of nitrogens with zero attached hydrogens (tertiary/aromatic N) is 2. The normalized spacial score (nSPS) is 11.5. The Kier molecular flexibility index (Phi) is 5.96. The molecule has 3 aromatic rings. The van der Waals surface area contributed by atoms with Crippen LogP contribution in [0.1, 0.15) is 44.6 Å². The summed E-state index contributed by atoms with van der Waals surface area (Å²) < 4.78 is 10.4. The zero-order chi connectivity index (χ0) is 19.3. The number of furan rings is 1. The first kappa shape index (κ1) is 19.2. The van der Waals surface area contributed by atoms with Gasteiger partial charge in [0, 0.05) is 17.9 Å². The lowest BCUT2D eigenvalue weighted by atomic mass is 9.84. The fraction of sp³-hybridized carbons (Fsp3) is 0.350. The van der Waals surface area contributed by atoms with Gasteiger partial charge in [0.15, 0.2) is 5.76 Å². The van der Waals surface area contributed by atoms with Gasteiger partial charge < -0.3 is 14.3 Å². The van der Waals surface area contributed by atoms with Crippen LogP contribution in [0, 0.1) is 0 Å². The molecule has 0 aliphatic heterocycles. The molecule has 0 bridgehead atoms. The van der Waals surface area contributed by atoms with Crippen LogP contribution in [-0.2, 0) is 16.8 Å². The minimum atomic E-state index is -0.421. The van der Waals surface area contributed by atoms with Gasteiger partial charge in [0.2, 0.25) is 17.6 Å². The number of carbonyl (C=O) groups excluding carboxylic acids is 1. The van der Waals surface area contributed by atoms with Crippen molar-refractivity contribution >= 4 is 17.5 Å². The number of aromatic nitrogens is 2. The van der Waals surface area contributed by atoms with Crippen molar-refractivity contribution in [2.75, 3.05) is 0 Å². The molecule has 2 heterocycles. The molecule has 0 saturated heterocycles. The van der Waals surface area contributed by atoms with Crippen LogP contribution in [-0.4, -0.2) is 16.0 Å². The molecule has 7 heteroatoms. The number of carbonyl (C=O) groups is 1. The third kappa shape index (κ3) is 4.39. The van der Waals surface area contributed by atoms with E-state index in [1.165, 1.54) is 0 Å². The van der Waals surface area contributed by atoms with Crippen molar-refractivity contribution in [1.29, 1.82) is 0 Å². The number of nitrogens with one attached hydrogen (secondary N) is 1. The summed E-state index contributed by atoms with van der Waals surface area (Å²) in [7, 11) is 0. The van der Waals surface area contributed by atoms with Gasteiger partial charge in [-0.25, -0.2) is 0 Å². The van der Waals surface area contributed by atoms with E-state index in [0.717, 1.165) is 18.4 Å². The summed E-state index contributed by atoms with van der Waals surface area (Å²) in [6.45, 7) is 4.12. The molecule has 0 aliphatic rings. The second-order valence-corrected chi connectivity index (χ2v) is 6.77. The second kappa shape index (κ2) is 8.39. The van der Waals surface area contributed by atoms with Crippen LogP contribution < -0.4 is 5.32 Å². The molecule has 6 nitrogen and oxygen atoms in total. The maximum atomic E-state index is 12.6. The van der Waals surface area contributed by atoms with Gasteiger partial charge in [0.25, 0.3) is 0 Å². The summed E-state index contributed by atoms with van der Waals surface area (Å²) in [6, 6.07) is 11.1. The van der Waals surface area contributed by atoms with Crippen LogP contribution in [0.15, 0.2) is 51.6 Å². The Labute approximate surface area is 162 Å². The van der Waals surface area contributed by atoms with Crippen molar-refractivity contribution < 1.29 is 13.7 Å². The highest BCUT2D eigenvalue weighted by Crippen LogP contribution is 2.30. The molecule has 142 valence electrons. The zero-order valence-electron chi connectivity index (χ0n) is 15.4. The van der Waals surface area contributed by atoms with E-state index < -0.39 is 5.54 Å². The molecule has 0 fully saturated rings. The molecule has 1 amide bonds. The van der Waals surface area contributed by atoms with E-state index in [-0.39, 0.29) is 12.3 Å². The fourth-order valence-corrected chi connectivity index (χ4v) is 3.21. The molecule has 3 rings (SSSR count). The summed E-state index contributed by atoms with van der Waals surface area (Å²) in [5.74, 6) is 1.26. The second-order valence-electron chi connectivity index (χ2n) is 6.33. The lowest BCUT2D eigenvalue weighted by Gasteiger charge is -2.33. The number of amides is 1. The molecule has 1 N–H and O–H groups in total. The molecule has 0 saturated carbocycles. The maximum absolute atomic E-state index is 12.6. The van der Waals surface area contributed by atoms with Gasteiger partial charge in [-0.05, 0) is 42.7 Å². The average Bonchev–Trinajstić information content (AvgIpc) is 3.37. The van der Waals surface area contributed by atoms with Crippen molar-refractivity contribution in [2.24, 2.45) is 0 Å². The standard InChI is InChI=1S/C20H22ClN3O3/c1-3-20(4-2,14-7-9-15(21)10-8-14)23-17(25)11-12-18-22-19(24-27-18)16-6-5-13-26-16/h5-10,13H,3-4,11-12H2,1-2H3,(H,23,25). The first-order valence-corrected chi connectivity index (χ1v) is 9.37. The molecule has 1 aromatic carbocycles. The average molecular weight is 388 g/mol. The van der Waals surface area contributed by atoms with E-state index in [0.29, 0.717) is 28.9 Å². The molecule has 27 heavy (non-hydrogen) atoms. The van der Waals surface area contributed by atoms with Crippen LogP contribution in [0.3, 0.4) is 0 Å². The van der Waals surface area contributed by atoms with E-state index in [9.17, 15) is 4.79 Å². The van der Waals surface area contributed by atoms with Gasteiger partial charge >= 0.3 is 0 Å². The molecule has 2 aromatic heterocycles. The number of rotatable bonds is 8. The molecule has 0 aliphatic carbocycles. The van der Waals surface area contributed by atoms with Crippen LogP contribution in [0.4, 0.5) is 0 Å². The first-order chi connectivity index (χ1) is 13.1. The number of benzene rings is 1. The van der Waals surface area contributed by atoms with Crippen LogP contribution >= 0.6 is 11.6 Å². The predicted molar refractivity (Wildman–Crippen MR) is 102 cm³/mol. The Morgan fingerprint density at radius 2 is 1.93 bits per heavy atom. The number of halogens is 1. The van der Waals surface area contributed by atoms with Gasteiger partial charge in [0.05, 0.1) is 11.8 Å². The van der Waals surface area contributed by atoms with E-state index in [1.807, 2.05) is 24.3 Å². The largest absolute Gasteiger partial charge is 0.461 e. The number of hydrogen-bond donors (Lipinski definition) is 1. The summed E-state index contributed by atoms with van der Waals surface area (Å²) in [5, 5.41) is 7.73. The Morgan fingerprint density at radius 1 is 1.19 bits per heavy atom. The van der Waals surface area contributed by atoms with Crippen molar-refractivity contribution in [3.05, 3.63) is 59.1 Å². The molecule has 0 spiro atoms. The molecule has 0 radical (unpaired) electrons. The summed E-state index contributed by atoms with van der Waals surface area (Å²) in [5.41, 5.74) is 0.624. The van der Waals surface area contributed by atoms with Gasteiger partial charge in [-0.1, -0.05) is 42.7 Å². The fourth-order valence-electron chi connectivity index (χ4n) is 3.09. The van der Waals surface area contributed by atoms with E-state index in [4.69, 9.17) is 20.5 Å². The zero-order valence-corrected chi connectivity index (χ0v) is 16.1. The minimum absolute atomic E-state index is 0.0635. The van der Waals surface area contributed by atoms with E-state index in [2.05, 4.69) is 29.3 Å². The lowest BCUT2D eigenvalue weighted by Crippen LogP contribution is -2.45. The molecular formula is C20H22ClN3O3. The van der Waals surface area contributed by atoms with Crippen molar-refractivity contribution in [3.63, 3.8) is 0 Å². The van der Waals surface area contributed by atoms with Crippen molar-refractivity contribution in [1.82, 2.24) is 15.5 Å². The Bertz CT molecular complexity index is 868. The highest BCUT2D eigenvalue weighted by Gasteiger charge is 2.30. The third-order valence-electron chi connectivity index (χ3n) is 4.76. The number of hydrogen-bond acceptors (Lipinski definition) is 5. The topological polar surface area (TPSA) is 81.2 Å². The van der Waals surface area contributed by atoms with Crippen LogP contribution in [0.2, 0.25) is 5.02 Å². The van der Waals surface area contributed by atoms with Gasteiger partial charge in [-0.15, -0.1) is 0 Å². The Balaban J connectivity index is 1.64. The lowest BCUT2D eigenvalue weighted by molar-refractivity contribution is -0.123. The smallest absolute Gasteiger partial charge is 0.238 e. The van der Waals surface area contributed by atoms with E-state index >= 15 is 0 Å². The Morgan fingerprint density at radius 3 is 2.56 bits per heavy atom. The van der Waals surface area contributed by atoms with Crippen molar-refractivity contribution in [3.8, 4) is 11.6 Å². The predicted octanol–water partition coefficient (Wildman–Crippen LogP) is 4.75. The SMILES string of the molecule is CCC(CC)(NC(=O)CCc1nc(-c2ccco2)no1)c1ccc(Cl)cc1. The van der Waals surface area contributed by atoms with Crippen LogP contribution in [0.25, 0.3) is 11.6 Å². The monoisotopic (exact) mass is 387 g/mol. The molecule has 0 atom stereocenters. The van der Waals surface area contributed by atoms with Crippen molar-refractivity contribution in [2.45, 2.75) is 45.1 Å². The summed E-state index contributed by atoms with van der Waals surface area (Å²) in [4.78, 5) is 16.8.